The maximum Gasteiger partial charge on any atom is 0.238 e. The number of ether oxygens (including phenoxy) is 1. The van der Waals surface area contributed by atoms with Gasteiger partial charge in [0, 0.05) is 5.02 Å². The highest BCUT2D eigenvalue weighted by molar-refractivity contribution is 7.18. The summed E-state index contributed by atoms with van der Waals surface area (Å²) < 4.78 is 6.51. The van der Waals surface area contributed by atoms with Crippen molar-refractivity contribution in [2.24, 2.45) is 0 Å². The van der Waals surface area contributed by atoms with Crippen LogP contribution in [0.2, 0.25) is 5.02 Å². The molecule has 0 spiro atoms. The number of rotatable bonds is 5. The molecule has 0 radical (unpaired) electrons. The molecule has 7 heteroatoms. The smallest absolute Gasteiger partial charge is 0.238 e. The Morgan fingerprint density at radius 1 is 1.32 bits per heavy atom. The first-order valence-electron chi connectivity index (χ1n) is 9.37. The lowest BCUT2D eigenvalue weighted by Crippen LogP contribution is -2.39. The number of aromatic nitrogens is 1. The van der Waals surface area contributed by atoms with Crippen LogP contribution in [0, 0.1) is 0 Å². The predicted molar refractivity (Wildman–Crippen MR) is 114 cm³/mol. The summed E-state index contributed by atoms with van der Waals surface area (Å²) in [7, 11) is 1.58. The van der Waals surface area contributed by atoms with Gasteiger partial charge in [-0.25, -0.2) is 4.98 Å². The first-order chi connectivity index (χ1) is 13.6. The monoisotopic (exact) mass is 415 g/mol. The van der Waals surface area contributed by atoms with Gasteiger partial charge in [0.2, 0.25) is 5.91 Å². The number of thiazole rings is 1. The zero-order valence-electron chi connectivity index (χ0n) is 15.7. The van der Waals surface area contributed by atoms with Gasteiger partial charge in [-0.05, 0) is 49.7 Å². The van der Waals surface area contributed by atoms with E-state index in [1.54, 1.807) is 36.6 Å². The molecule has 1 amide bonds. The lowest BCUT2D eigenvalue weighted by atomic mass is 10.0. The van der Waals surface area contributed by atoms with Gasteiger partial charge in [0.1, 0.15) is 10.8 Å². The third-order valence-corrected chi connectivity index (χ3v) is 6.36. The summed E-state index contributed by atoms with van der Waals surface area (Å²) in [5.74, 6) is 0.521. The molecule has 4 rings (SSSR count). The van der Waals surface area contributed by atoms with E-state index in [2.05, 4.69) is 16.3 Å². The van der Waals surface area contributed by atoms with Crippen molar-refractivity contribution >= 4 is 44.7 Å². The van der Waals surface area contributed by atoms with Crippen molar-refractivity contribution in [3.63, 3.8) is 0 Å². The molecule has 1 saturated heterocycles. The van der Waals surface area contributed by atoms with E-state index in [1.807, 2.05) is 18.2 Å². The van der Waals surface area contributed by atoms with Crippen LogP contribution in [-0.4, -0.2) is 36.0 Å². The van der Waals surface area contributed by atoms with Gasteiger partial charge in [-0.2, -0.15) is 0 Å². The molecule has 1 fully saturated rings. The molecule has 2 heterocycles. The van der Waals surface area contributed by atoms with Crippen molar-refractivity contribution in [1.82, 2.24) is 9.88 Å². The predicted octanol–water partition coefficient (Wildman–Crippen LogP) is 5.12. The zero-order chi connectivity index (χ0) is 19.5. The highest BCUT2D eigenvalue weighted by atomic mass is 35.5. The molecular formula is C21H22ClN3O2S. The minimum atomic E-state index is -0.0754. The normalized spacial score (nSPS) is 17.6. The van der Waals surface area contributed by atoms with Crippen molar-refractivity contribution in [3.05, 3.63) is 52.5 Å². The standard InChI is InChI=1S/C21H22ClN3O2S/c1-27-18-10-9-14(22)12-16(18)23-20(26)13-25-11-5-4-7-17(25)21-24-15-6-2-3-8-19(15)28-21/h2-3,6,8-10,12,17H,4-5,7,11,13H2,1H3,(H,23,26)/t17-/m0/s1. The van der Waals surface area contributed by atoms with Crippen LogP contribution in [-0.2, 0) is 4.79 Å². The largest absolute Gasteiger partial charge is 0.495 e. The van der Waals surface area contributed by atoms with E-state index in [4.69, 9.17) is 21.3 Å². The average Bonchev–Trinajstić information content (AvgIpc) is 3.12. The maximum absolute atomic E-state index is 12.7. The summed E-state index contributed by atoms with van der Waals surface area (Å²) in [5, 5.41) is 4.59. The van der Waals surface area contributed by atoms with Crippen LogP contribution in [0.5, 0.6) is 5.75 Å². The molecule has 2 aromatic carbocycles. The highest BCUT2D eigenvalue weighted by Gasteiger charge is 2.28. The van der Waals surface area contributed by atoms with Crippen molar-refractivity contribution < 1.29 is 9.53 Å². The van der Waals surface area contributed by atoms with E-state index in [9.17, 15) is 4.79 Å². The second-order valence-electron chi connectivity index (χ2n) is 6.89. The number of piperidine rings is 1. The van der Waals surface area contributed by atoms with Crippen molar-refractivity contribution in [2.45, 2.75) is 25.3 Å². The molecule has 146 valence electrons. The summed E-state index contributed by atoms with van der Waals surface area (Å²) >= 11 is 7.79. The number of nitrogens with one attached hydrogen (secondary N) is 1. The van der Waals surface area contributed by atoms with Gasteiger partial charge in [0.15, 0.2) is 0 Å². The number of hydrogen-bond donors (Lipinski definition) is 1. The Balaban J connectivity index is 1.50. The molecule has 0 unspecified atom stereocenters. The minimum Gasteiger partial charge on any atom is -0.495 e. The Morgan fingerprint density at radius 2 is 2.18 bits per heavy atom. The molecule has 0 bridgehead atoms. The molecule has 1 aliphatic heterocycles. The molecule has 1 aromatic heterocycles. The second-order valence-corrected chi connectivity index (χ2v) is 8.39. The van der Waals surface area contributed by atoms with Gasteiger partial charge in [-0.1, -0.05) is 30.2 Å². The first-order valence-corrected chi connectivity index (χ1v) is 10.6. The van der Waals surface area contributed by atoms with Crippen LogP contribution in [0.1, 0.15) is 30.3 Å². The molecule has 0 aliphatic carbocycles. The Bertz CT molecular complexity index is 958. The molecule has 0 saturated carbocycles. The molecule has 1 aliphatic rings. The third-order valence-electron chi connectivity index (χ3n) is 4.99. The van der Waals surface area contributed by atoms with Gasteiger partial charge in [-0.3, -0.25) is 9.69 Å². The SMILES string of the molecule is COc1ccc(Cl)cc1NC(=O)CN1CCCC[C@H]1c1nc2ccccc2s1. The van der Waals surface area contributed by atoms with Crippen LogP contribution in [0.3, 0.4) is 0 Å². The number of likely N-dealkylation sites (tertiary alicyclic amines) is 1. The fourth-order valence-corrected chi connectivity index (χ4v) is 4.95. The topological polar surface area (TPSA) is 54.5 Å². The summed E-state index contributed by atoms with van der Waals surface area (Å²) in [6.45, 7) is 1.21. The molecule has 5 nitrogen and oxygen atoms in total. The summed E-state index contributed by atoms with van der Waals surface area (Å²) in [4.78, 5) is 19.8. The van der Waals surface area contributed by atoms with E-state index in [0.29, 0.717) is 23.0 Å². The molecule has 3 aromatic rings. The van der Waals surface area contributed by atoms with E-state index in [-0.39, 0.29) is 11.9 Å². The van der Waals surface area contributed by atoms with Crippen LogP contribution in [0.15, 0.2) is 42.5 Å². The average molecular weight is 416 g/mol. The maximum atomic E-state index is 12.7. The van der Waals surface area contributed by atoms with Crippen molar-refractivity contribution in [1.29, 1.82) is 0 Å². The molecule has 1 atom stereocenters. The van der Waals surface area contributed by atoms with Gasteiger partial charge in [-0.15, -0.1) is 11.3 Å². The lowest BCUT2D eigenvalue weighted by molar-refractivity contribution is -0.118. The number of hydrogen-bond acceptors (Lipinski definition) is 5. The second kappa shape index (κ2) is 8.47. The fourth-order valence-electron chi connectivity index (χ4n) is 3.64. The fraction of sp³-hybridized carbons (Fsp3) is 0.333. The number of nitrogens with zero attached hydrogens (tertiary/aromatic N) is 2. The number of benzene rings is 2. The Hall–Kier alpha value is -2.15. The van der Waals surface area contributed by atoms with Gasteiger partial charge in [0.25, 0.3) is 0 Å². The summed E-state index contributed by atoms with van der Waals surface area (Å²) in [5.41, 5.74) is 1.62. The summed E-state index contributed by atoms with van der Waals surface area (Å²) in [6, 6.07) is 13.6. The third kappa shape index (κ3) is 4.14. The van der Waals surface area contributed by atoms with Crippen molar-refractivity contribution in [3.8, 4) is 5.75 Å². The number of amides is 1. The number of anilines is 1. The van der Waals surface area contributed by atoms with E-state index in [1.165, 1.54) is 4.70 Å². The number of carbonyl (C=O) groups excluding carboxylic acids is 1. The number of methoxy groups -OCH3 is 1. The lowest BCUT2D eigenvalue weighted by Gasteiger charge is -2.33. The van der Waals surface area contributed by atoms with Crippen molar-refractivity contribution in [2.75, 3.05) is 25.5 Å². The first kappa shape index (κ1) is 19.2. The highest BCUT2D eigenvalue weighted by Crippen LogP contribution is 2.35. The quantitative estimate of drug-likeness (QED) is 0.628. The van der Waals surface area contributed by atoms with E-state index < -0.39 is 0 Å². The number of halogens is 1. The Morgan fingerprint density at radius 3 is 3.00 bits per heavy atom. The number of para-hydroxylation sites is 1. The van der Waals surface area contributed by atoms with E-state index in [0.717, 1.165) is 36.3 Å². The van der Waals surface area contributed by atoms with Gasteiger partial charge < -0.3 is 10.1 Å². The van der Waals surface area contributed by atoms with Crippen LogP contribution >= 0.6 is 22.9 Å². The Labute approximate surface area is 173 Å². The van der Waals surface area contributed by atoms with Gasteiger partial charge >= 0.3 is 0 Å². The number of fused-ring (bicyclic) bond motifs is 1. The van der Waals surface area contributed by atoms with Crippen LogP contribution in [0.4, 0.5) is 5.69 Å². The molecule has 1 N–H and O–H groups in total. The number of carbonyl (C=O) groups is 1. The Kier molecular flexibility index (Phi) is 5.80. The summed E-state index contributed by atoms with van der Waals surface area (Å²) in [6.07, 6.45) is 3.27. The minimum absolute atomic E-state index is 0.0754. The van der Waals surface area contributed by atoms with Gasteiger partial charge in [0.05, 0.1) is 35.6 Å². The van der Waals surface area contributed by atoms with E-state index >= 15 is 0 Å². The zero-order valence-corrected chi connectivity index (χ0v) is 17.2. The van der Waals surface area contributed by atoms with Crippen LogP contribution < -0.4 is 10.1 Å². The molecular weight excluding hydrogens is 394 g/mol. The van der Waals surface area contributed by atoms with Crippen LogP contribution in [0.25, 0.3) is 10.2 Å². The molecule has 28 heavy (non-hydrogen) atoms.